The Labute approximate surface area is 165 Å². The molecule has 1 aliphatic rings. The van der Waals surface area contributed by atoms with E-state index in [0.717, 1.165) is 45.0 Å². The van der Waals surface area contributed by atoms with Gasteiger partial charge in [0, 0.05) is 57.4 Å². The number of rotatable bonds is 7. The standard InChI is InChI=1S/C20H27N5O3/c1-27-14-13-24-9-11-25(12-10-24)16-5-3-15(4-6-16)23-19(26)18-17(21)7-8-22-20(18)28-2/h3-8H,9-14H2,1-2H3,(H2,21,22)(H,23,26). The summed E-state index contributed by atoms with van der Waals surface area (Å²) in [5.41, 5.74) is 8.31. The number of carbonyl (C=O) groups excluding carboxylic acids is 1. The fraction of sp³-hybridized carbons (Fsp3) is 0.400. The molecule has 0 radical (unpaired) electrons. The van der Waals surface area contributed by atoms with E-state index in [9.17, 15) is 4.79 Å². The molecule has 2 heterocycles. The summed E-state index contributed by atoms with van der Waals surface area (Å²) in [4.78, 5) is 21.4. The summed E-state index contributed by atoms with van der Waals surface area (Å²) in [7, 11) is 3.19. The summed E-state index contributed by atoms with van der Waals surface area (Å²) in [6.07, 6.45) is 1.51. The van der Waals surface area contributed by atoms with Crippen LogP contribution in [0, 0.1) is 0 Å². The van der Waals surface area contributed by atoms with Gasteiger partial charge in [0.15, 0.2) is 0 Å². The summed E-state index contributed by atoms with van der Waals surface area (Å²) < 4.78 is 10.3. The summed E-state index contributed by atoms with van der Waals surface area (Å²) in [5, 5.41) is 2.85. The molecule has 0 saturated carbocycles. The maximum atomic E-state index is 12.6. The second-order valence-corrected chi connectivity index (χ2v) is 6.61. The monoisotopic (exact) mass is 385 g/mol. The molecule has 8 nitrogen and oxygen atoms in total. The van der Waals surface area contributed by atoms with E-state index < -0.39 is 0 Å². The summed E-state index contributed by atoms with van der Waals surface area (Å²) >= 11 is 0. The van der Waals surface area contributed by atoms with Gasteiger partial charge in [-0.2, -0.15) is 0 Å². The maximum Gasteiger partial charge on any atom is 0.263 e. The molecule has 0 atom stereocenters. The number of nitrogens with two attached hydrogens (primary N) is 1. The number of carbonyl (C=O) groups is 1. The van der Waals surface area contributed by atoms with Crippen molar-refractivity contribution in [3.05, 3.63) is 42.1 Å². The highest BCUT2D eigenvalue weighted by molar-refractivity contribution is 6.09. The number of hydrogen-bond donors (Lipinski definition) is 2. The second-order valence-electron chi connectivity index (χ2n) is 6.61. The molecule has 1 saturated heterocycles. The topological polar surface area (TPSA) is 93.0 Å². The predicted molar refractivity (Wildman–Crippen MR) is 110 cm³/mol. The van der Waals surface area contributed by atoms with Gasteiger partial charge in [-0.25, -0.2) is 4.98 Å². The maximum absolute atomic E-state index is 12.6. The number of benzene rings is 1. The zero-order valence-corrected chi connectivity index (χ0v) is 16.4. The fourth-order valence-corrected chi connectivity index (χ4v) is 3.24. The van der Waals surface area contributed by atoms with Crippen molar-refractivity contribution in [2.75, 3.05) is 69.5 Å². The highest BCUT2D eigenvalue weighted by Crippen LogP contribution is 2.24. The molecule has 3 rings (SSSR count). The number of piperazine rings is 1. The molecule has 0 spiro atoms. The first-order valence-corrected chi connectivity index (χ1v) is 9.28. The average Bonchev–Trinajstić information content (AvgIpc) is 2.73. The summed E-state index contributed by atoms with van der Waals surface area (Å²) in [5.74, 6) is -0.137. The Hall–Kier alpha value is -2.84. The zero-order valence-electron chi connectivity index (χ0n) is 16.4. The van der Waals surface area contributed by atoms with E-state index in [1.54, 1.807) is 13.2 Å². The Kier molecular flexibility index (Phi) is 6.67. The van der Waals surface area contributed by atoms with Crippen molar-refractivity contribution in [2.45, 2.75) is 0 Å². The van der Waals surface area contributed by atoms with E-state index in [4.69, 9.17) is 15.2 Å². The quantitative estimate of drug-likeness (QED) is 0.749. The molecule has 8 heteroatoms. The molecule has 0 unspecified atom stereocenters. The highest BCUT2D eigenvalue weighted by Gasteiger charge is 2.19. The van der Waals surface area contributed by atoms with E-state index in [1.165, 1.54) is 13.3 Å². The Morgan fingerprint density at radius 1 is 1.14 bits per heavy atom. The van der Waals surface area contributed by atoms with Gasteiger partial charge in [0.2, 0.25) is 5.88 Å². The van der Waals surface area contributed by atoms with Gasteiger partial charge >= 0.3 is 0 Å². The number of aromatic nitrogens is 1. The first-order chi connectivity index (χ1) is 13.6. The van der Waals surface area contributed by atoms with Crippen molar-refractivity contribution in [3.8, 4) is 5.88 Å². The largest absolute Gasteiger partial charge is 0.480 e. The fourth-order valence-electron chi connectivity index (χ4n) is 3.24. The minimum Gasteiger partial charge on any atom is -0.480 e. The third kappa shape index (κ3) is 4.71. The Balaban J connectivity index is 1.60. The van der Waals surface area contributed by atoms with Gasteiger partial charge in [-0.15, -0.1) is 0 Å². The number of amides is 1. The molecule has 150 valence electrons. The normalized spacial score (nSPS) is 14.7. The van der Waals surface area contributed by atoms with Crippen molar-refractivity contribution >= 4 is 23.0 Å². The predicted octanol–water partition coefficient (Wildman–Crippen LogP) is 1.69. The molecule has 28 heavy (non-hydrogen) atoms. The number of ether oxygens (including phenoxy) is 2. The average molecular weight is 385 g/mol. The number of nitrogens with zero attached hydrogens (tertiary/aromatic N) is 3. The first-order valence-electron chi connectivity index (χ1n) is 9.28. The van der Waals surface area contributed by atoms with Gasteiger partial charge in [0.25, 0.3) is 5.91 Å². The lowest BCUT2D eigenvalue weighted by atomic mass is 10.2. The van der Waals surface area contributed by atoms with Crippen LogP contribution in [0.3, 0.4) is 0 Å². The number of pyridine rings is 1. The third-order valence-electron chi connectivity index (χ3n) is 4.84. The molecule has 1 aromatic carbocycles. The van der Waals surface area contributed by atoms with E-state index in [1.807, 2.05) is 24.3 Å². The molecular weight excluding hydrogens is 358 g/mol. The van der Waals surface area contributed by atoms with Gasteiger partial charge < -0.3 is 25.4 Å². The van der Waals surface area contributed by atoms with Crippen molar-refractivity contribution in [3.63, 3.8) is 0 Å². The van der Waals surface area contributed by atoms with Gasteiger partial charge in [-0.1, -0.05) is 0 Å². The molecule has 2 aromatic rings. The van der Waals surface area contributed by atoms with Crippen molar-refractivity contribution < 1.29 is 14.3 Å². The highest BCUT2D eigenvalue weighted by atomic mass is 16.5. The molecule has 0 bridgehead atoms. The van der Waals surface area contributed by atoms with E-state index >= 15 is 0 Å². The van der Waals surface area contributed by atoms with Crippen molar-refractivity contribution in [2.24, 2.45) is 0 Å². The van der Waals surface area contributed by atoms with Crippen LogP contribution in [0.4, 0.5) is 17.1 Å². The van der Waals surface area contributed by atoms with Crippen molar-refractivity contribution in [1.82, 2.24) is 9.88 Å². The number of nitrogen functional groups attached to an aromatic ring is 1. The Morgan fingerprint density at radius 3 is 2.50 bits per heavy atom. The van der Waals surface area contributed by atoms with Crippen LogP contribution in [0.1, 0.15) is 10.4 Å². The lowest BCUT2D eigenvalue weighted by molar-refractivity contribution is 0.102. The van der Waals surface area contributed by atoms with Gasteiger partial charge in [-0.3, -0.25) is 9.69 Å². The van der Waals surface area contributed by atoms with Crippen LogP contribution in [-0.2, 0) is 4.74 Å². The number of nitrogens with one attached hydrogen (secondary N) is 1. The van der Waals surface area contributed by atoms with Gasteiger partial charge in [0.1, 0.15) is 5.56 Å². The summed E-state index contributed by atoms with van der Waals surface area (Å²) in [6, 6.07) is 9.40. The third-order valence-corrected chi connectivity index (χ3v) is 4.84. The molecular formula is C20H27N5O3. The lowest BCUT2D eigenvalue weighted by Crippen LogP contribution is -2.47. The Morgan fingerprint density at radius 2 is 1.86 bits per heavy atom. The minimum atomic E-state index is -0.345. The van der Waals surface area contributed by atoms with Gasteiger partial charge in [-0.05, 0) is 30.3 Å². The van der Waals surface area contributed by atoms with Crippen LogP contribution < -0.4 is 20.7 Å². The van der Waals surface area contributed by atoms with Crippen LogP contribution in [0.15, 0.2) is 36.5 Å². The Bertz CT molecular complexity index is 789. The minimum absolute atomic E-state index is 0.209. The molecule has 0 aliphatic carbocycles. The van der Waals surface area contributed by atoms with Crippen LogP contribution >= 0.6 is 0 Å². The van der Waals surface area contributed by atoms with Crippen LogP contribution in [0.25, 0.3) is 0 Å². The number of anilines is 3. The SMILES string of the molecule is COCCN1CCN(c2ccc(NC(=O)c3c(N)ccnc3OC)cc2)CC1. The molecule has 3 N–H and O–H groups in total. The van der Waals surface area contributed by atoms with E-state index in [0.29, 0.717) is 11.4 Å². The number of hydrogen-bond acceptors (Lipinski definition) is 7. The smallest absolute Gasteiger partial charge is 0.263 e. The number of methoxy groups -OCH3 is 2. The first kappa shape index (κ1) is 19.9. The molecule has 1 aliphatic heterocycles. The van der Waals surface area contributed by atoms with E-state index in [-0.39, 0.29) is 17.4 Å². The van der Waals surface area contributed by atoms with Crippen molar-refractivity contribution in [1.29, 1.82) is 0 Å². The van der Waals surface area contributed by atoms with E-state index in [2.05, 4.69) is 20.1 Å². The van der Waals surface area contributed by atoms with Gasteiger partial charge in [0.05, 0.1) is 19.4 Å². The lowest BCUT2D eigenvalue weighted by Gasteiger charge is -2.36. The zero-order chi connectivity index (χ0) is 19.9. The molecule has 1 fully saturated rings. The summed E-state index contributed by atoms with van der Waals surface area (Å²) in [6.45, 7) is 5.71. The molecule has 1 aromatic heterocycles. The molecule has 1 amide bonds. The van der Waals surface area contributed by atoms with Crippen LogP contribution in [-0.4, -0.2) is 69.3 Å². The second kappa shape index (κ2) is 9.38. The van der Waals surface area contributed by atoms with Crippen LogP contribution in [0.5, 0.6) is 5.88 Å². The van der Waals surface area contributed by atoms with Crippen LogP contribution in [0.2, 0.25) is 0 Å².